The van der Waals surface area contributed by atoms with Gasteiger partial charge in [0, 0.05) is 11.9 Å². The van der Waals surface area contributed by atoms with Crippen LogP contribution >= 0.6 is 0 Å². The van der Waals surface area contributed by atoms with E-state index in [4.69, 9.17) is 4.74 Å². The van der Waals surface area contributed by atoms with Crippen LogP contribution in [0.25, 0.3) is 0 Å². The van der Waals surface area contributed by atoms with Crippen LogP contribution in [0.3, 0.4) is 0 Å². The lowest BCUT2D eigenvalue weighted by atomic mass is 10.3. The maximum Gasteiger partial charge on any atom is 0.347 e. The third kappa shape index (κ3) is 2.32. The second kappa shape index (κ2) is 4.28. The molecule has 0 N–H and O–H groups in total. The molecule has 0 bridgehead atoms. The molecule has 1 heterocycles. The van der Waals surface area contributed by atoms with Crippen molar-refractivity contribution in [3.63, 3.8) is 0 Å². The highest BCUT2D eigenvalue weighted by molar-refractivity contribution is 6.01. The van der Waals surface area contributed by atoms with E-state index in [0.29, 0.717) is 5.88 Å². The van der Waals surface area contributed by atoms with Gasteiger partial charge in [-0.25, -0.2) is 4.79 Å². The van der Waals surface area contributed by atoms with Crippen LogP contribution in [0.15, 0.2) is 34.7 Å². The highest BCUT2D eigenvalue weighted by Crippen LogP contribution is 2.04. The van der Waals surface area contributed by atoms with E-state index >= 15 is 0 Å². The average Bonchev–Trinajstić information content (AvgIpc) is 2.41. The molecule has 1 aliphatic rings. The smallest absolute Gasteiger partial charge is 0.347 e. The van der Waals surface area contributed by atoms with Crippen LogP contribution in [0.2, 0.25) is 0 Å². The van der Waals surface area contributed by atoms with Gasteiger partial charge < -0.3 is 9.47 Å². The number of allylic oxidation sites excluding steroid dienone is 2. The predicted molar refractivity (Wildman–Crippen MR) is 47.2 cm³/mol. The highest BCUT2D eigenvalue weighted by Gasteiger charge is 2.06. The minimum absolute atomic E-state index is 0.269. The van der Waals surface area contributed by atoms with Gasteiger partial charge in [0.1, 0.15) is 5.57 Å². The predicted octanol–water partition coefficient (Wildman–Crippen LogP) is 0.813. The molecule has 68 valence electrons. The van der Waals surface area contributed by atoms with Crippen molar-refractivity contribution in [2.24, 2.45) is 4.99 Å². The SMILES string of the molecule is COC(=O)C1=C=NC(OC)=CC=C1. The molecule has 0 aromatic heterocycles. The van der Waals surface area contributed by atoms with Gasteiger partial charge in [-0.15, -0.1) is 0 Å². The lowest BCUT2D eigenvalue weighted by Crippen LogP contribution is -2.02. The molecule has 4 heteroatoms. The Morgan fingerprint density at radius 3 is 2.92 bits per heavy atom. The van der Waals surface area contributed by atoms with Crippen molar-refractivity contribution in [1.82, 2.24) is 0 Å². The molecule has 0 aliphatic carbocycles. The fourth-order valence-corrected chi connectivity index (χ4v) is 0.754. The number of nitrogens with zero attached hydrogens (tertiary/aromatic N) is 1. The normalized spacial score (nSPS) is 14.3. The van der Waals surface area contributed by atoms with E-state index in [1.54, 1.807) is 18.2 Å². The Morgan fingerprint density at radius 2 is 2.31 bits per heavy atom. The Bertz CT molecular complexity index is 333. The zero-order valence-electron chi connectivity index (χ0n) is 7.40. The lowest BCUT2D eigenvalue weighted by molar-refractivity contribution is -0.135. The van der Waals surface area contributed by atoms with E-state index in [0.717, 1.165) is 0 Å². The molecule has 0 amide bonds. The van der Waals surface area contributed by atoms with Crippen LogP contribution in [0.1, 0.15) is 0 Å². The van der Waals surface area contributed by atoms with Crippen LogP contribution in [-0.2, 0) is 14.3 Å². The largest absolute Gasteiger partial charge is 0.481 e. The Labute approximate surface area is 75.9 Å². The summed E-state index contributed by atoms with van der Waals surface area (Å²) in [5.41, 5.74) is 0.269. The van der Waals surface area contributed by atoms with E-state index in [9.17, 15) is 4.79 Å². The quantitative estimate of drug-likeness (QED) is 0.589. The monoisotopic (exact) mass is 179 g/mol. The summed E-state index contributed by atoms with van der Waals surface area (Å²) in [7, 11) is 2.80. The number of methoxy groups -OCH3 is 2. The van der Waals surface area contributed by atoms with Gasteiger partial charge >= 0.3 is 5.97 Å². The van der Waals surface area contributed by atoms with E-state index < -0.39 is 5.97 Å². The van der Waals surface area contributed by atoms with E-state index in [2.05, 4.69) is 15.6 Å². The number of ether oxygens (including phenoxy) is 2. The van der Waals surface area contributed by atoms with Crippen molar-refractivity contribution in [1.29, 1.82) is 0 Å². The summed E-state index contributed by atoms with van der Waals surface area (Å²) in [6.07, 6.45) is 4.83. The molecule has 0 aromatic rings. The van der Waals surface area contributed by atoms with E-state index in [1.807, 2.05) is 0 Å². The highest BCUT2D eigenvalue weighted by atomic mass is 16.5. The third-order valence-corrected chi connectivity index (χ3v) is 1.40. The maximum absolute atomic E-state index is 11.0. The van der Waals surface area contributed by atoms with Crippen LogP contribution < -0.4 is 0 Å². The zero-order valence-corrected chi connectivity index (χ0v) is 7.40. The van der Waals surface area contributed by atoms with Gasteiger partial charge in [-0.3, -0.25) is 0 Å². The number of aliphatic imine (C=N–C) groups is 1. The summed E-state index contributed by atoms with van der Waals surface area (Å²) >= 11 is 0. The molecular formula is C9H9NO3. The molecule has 1 rings (SSSR count). The maximum atomic E-state index is 11.0. The summed E-state index contributed by atoms with van der Waals surface area (Å²) in [5, 5.41) is 0. The van der Waals surface area contributed by atoms with Gasteiger partial charge in [-0.1, -0.05) is 6.08 Å². The zero-order chi connectivity index (χ0) is 9.68. The Kier molecular flexibility index (Phi) is 3.06. The topological polar surface area (TPSA) is 47.9 Å². The molecule has 0 aromatic carbocycles. The van der Waals surface area contributed by atoms with Crippen molar-refractivity contribution < 1.29 is 14.3 Å². The van der Waals surface area contributed by atoms with Crippen molar-refractivity contribution in [2.75, 3.05) is 14.2 Å². The van der Waals surface area contributed by atoms with Crippen LogP contribution in [0, 0.1) is 0 Å². The summed E-state index contributed by atoms with van der Waals surface area (Å²) in [5.74, 6) is 2.45. The summed E-state index contributed by atoms with van der Waals surface area (Å²) in [6, 6.07) is 0. The minimum atomic E-state index is -0.467. The second-order valence-corrected chi connectivity index (χ2v) is 2.20. The number of hydrogen-bond donors (Lipinski definition) is 0. The average molecular weight is 179 g/mol. The van der Waals surface area contributed by atoms with Gasteiger partial charge in [-0.05, 0) is 6.08 Å². The first-order valence-corrected chi connectivity index (χ1v) is 3.62. The Balaban J connectivity index is 2.93. The van der Waals surface area contributed by atoms with Gasteiger partial charge in [-0.2, -0.15) is 4.99 Å². The Hall–Kier alpha value is -1.80. The molecule has 1 aliphatic heterocycles. The van der Waals surface area contributed by atoms with Crippen molar-refractivity contribution in [2.45, 2.75) is 0 Å². The Morgan fingerprint density at radius 1 is 1.54 bits per heavy atom. The fraction of sp³-hybridized carbons (Fsp3) is 0.222. The molecule has 0 saturated carbocycles. The number of carbonyl (C=O) groups excluding carboxylic acids is 1. The summed E-state index contributed by atoms with van der Waals surface area (Å²) in [6.45, 7) is 0. The first kappa shape index (κ1) is 9.29. The van der Waals surface area contributed by atoms with E-state index in [1.165, 1.54) is 14.2 Å². The fourth-order valence-electron chi connectivity index (χ4n) is 0.754. The van der Waals surface area contributed by atoms with Gasteiger partial charge in [0.05, 0.1) is 14.2 Å². The molecule has 13 heavy (non-hydrogen) atoms. The van der Waals surface area contributed by atoms with E-state index in [-0.39, 0.29) is 5.57 Å². The number of esters is 1. The molecule has 0 fully saturated rings. The van der Waals surface area contributed by atoms with Gasteiger partial charge in [0.15, 0.2) is 0 Å². The molecular weight excluding hydrogens is 170 g/mol. The van der Waals surface area contributed by atoms with Crippen LogP contribution in [0.4, 0.5) is 0 Å². The van der Waals surface area contributed by atoms with Crippen molar-refractivity contribution in [3.05, 3.63) is 29.7 Å². The molecule has 0 atom stereocenters. The van der Waals surface area contributed by atoms with Gasteiger partial charge in [0.2, 0.25) is 5.88 Å². The second-order valence-electron chi connectivity index (χ2n) is 2.20. The first-order chi connectivity index (χ1) is 6.27. The summed E-state index contributed by atoms with van der Waals surface area (Å²) < 4.78 is 9.35. The van der Waals surface area contributed by atoms with Crippen molar-refractivity contribution in [3.8, 4) is 0 Å². The number of carbonyl (C=O) groups is 1. The molecule has 0 spiro atoms. The van der Waals surface area contributed by atoms with Crippen LogP contribution in [0.5, 0.6) is 0 Å². The van der Waals surface area contributed by atoms with Crippen LogP contribution in [-0.4, -0.2) is 26.1 Å². The number of hydrogen-bond acceptors (Lipinski definition) is 4. The molecule has 0 radical (unpaired) electrons. The lowest BCUT2D eigenvalue weighted by Gasteiger charge is -1.93. The van der Waals surface area contributed by atoms with Crippen molar-refractivity contribution >= 4 is 11.8 Å². The standard InChI is InChI=1S/C9H9NO3/c1-12-8-5-3-4-7(6-10-8)9(11)13-2/h3-5H,1-2H3. The number of rotatable bonds is 2. The third-order valence-electron chi connectivity index (χ3n) is 1.40. The minimum Gasteiger partial charge on any atom is -0.481 e. The van der Waals surface area contributed by atoms with Gasteiger partial charge in [0.25, 0.3) is 0 Å². The first-order valence-electron chi connectivity index (χ1n) is 3.62. The molecule has 0 saturated heterocycles. The molecule has 0 unspecified atom stereocenters. The summed E-state index contributed by atoms with van der Waals surface area (Å²) in [4.78, 5) is 14.8. The molecule has 4 nitrogen and oxygen atoms in total.